The minimum atomic E-state index is -1.02. The molecule has 3 heterocycles. The Hall–Kier alpha value is -3.59. The second-order valence-corrected chi connectivity index (χ2v) is 10.7. The van der Waals surface area contributed by atoms with Crippen LogP contribution in [0.1, 0.15) is 64.1 Å². The fourth-order valence-corrected chi connectivity index (χ4v) is 6.67. The fraction of sp³-hybridized carbons (Fsp3) is 0.323. The summed E-state index contributed by atoms with van der Waals surface area (Å²) in [5.74, 6) is -0.0376. The molecule has 1 fully saturated rings. The third kappa shape index (κ3) is 4.73. The molecular formula is C31H30BNO6. The van der Waals surface area contributed by atoms with E-state index in [9.17, 15) is 19.7 Å². The maximum Gasteiger partial charge on any atom is 0.455 e. The Labute approximate surface area is 227 Å². The Balaban J connectivity index is 1.31. The number of aromatic nitrogens is 1. The van der Waals surface area contributed by atoms with Crippen molar-refractivity contribution in [3.05, 3.63) is 100 Å². The highest BCUT2D eigenvalue weighted by Gasteiger charge is 2.52. The van der Waals surface area contributed by atoms with Gasteiger partial charge in [-0.15, -0.1) is 0 Å². The number of pyridine rings is 1. The molecule has 3 aromatic rings. The topological polar surface area (TPSA) is 110 Å². The van der Waals surface area contributed by atoms with Gasteiger partial charge in [-0.2, -0.15) is 0 Å². The summed E-state index contributed by atoms with van der Waals surface area (Å²) in [7, 11) is -1.02. The van der Waals surface area contributed by atoms with Crippen molar-refractivity contribution in [3.63, 3.8) is 0 Å². The average molecular weight is 523 g/mol. The quantitative estimate of drug-likeness (QED) is 0.345. The lowest BCUT2D eigenvalue weighted by Crippen LogP contribution is -2.50. The molecule has 7 nitrogen and oxygen atoms in total. The van der Waals surface area contributed by atoms with E-state index in [-0.39, 0.29) is 24.1 Å². The van der Waals surface area contributed by atoms with Crippen molar-refractivity contribution < 1.29 is 28.8 Å². The number of rotatable bonds is 6. The van der Waals surface area contributed by atoms with Crippen molar-refractivity contribution in [1.82, 2.24) is 4.98 Å². The van der Waals surface area contributed by atoms with Gasteiger partial charge in [0.2, 0.25) is 0 Å². The van der Waals surface area contributed by atoms with E-state index in [4.69, 9.17) is 9.07 Å². The molecule has 198 valence electrons. The van der Waals surface area contributed by atoms with Crippen LogP contribution in [0.3, 0.4) is 0 Å². The molecule has 6 rings (SSSR count). The Morgan fingerprint density at radius 2 is 1.82 bits per heavy atom. The van der Waals surface area contributed by atoms with E-state index in [2.05, 4.69) is 4.98 Å². The van der Waals surface area contributed by atoms with E-state index in [0.29, 0.717) is 48.2 Å². The molecule has 0 saturated carbocycles. The molecule has 1 aliphatic heterocycles. The van der Waals surface area contributed by atoms with Crippen molar-refractivity contribution in [1.29, 1.82) is 0 Å². The maximum atomic E-state index is 13.7. The first-order valence-electron chi connectivity index (χ1n) is 13.5. The van der Waals surface area contributed by atoms with Gasteiger partial charge in [0.15, 0.2) is 11.6 Å². The highest BCUT2D eigenvalue weighted by atomic mass is 16.5. The van der Waals surface area contributed by atoms with Gasteiger partial charge in [-0.05, 0) is 79.9 Å². The summed E-state index contributed by atoms with van der Waals surface area (Å²) in [4.78, 5) is 31.7. The molecule has 1 saturated heterocycles. The lowest BCUT2D eigenvalue weighted by atomic mass is 9.54. The summed E-state index contributed by atoms with van der Waals surface area (Å²) in [6.07, 6.45) is 5.21. The number of aliphatic hydroxyl groups excluding tert-OH is 1. The standard InChI is InChI=1S/C31H30BNO6/c1-18-14-24-29(31(36)23-7-3-2-6-22(23)30(24)35)25-16-32(37)39-27(28(18)25)12-9-19(26-8-4-5-13-33-26)15-20-10-11-21(17-34)38-20/h2-8,10-11,13,15,24-25,27,29,34,37H,9,12,14,16-17H2,1H3/b19-15-/t24-,25+,27-,29-/m1/s1. The molecule has 2 aromatic heterocycles. The molecule has 4 atom stereocenters. The summed E-state index contributed by atoms with van der Waals surface area (Å²) >= 11 is 0. The molecule has 0 spiro atoms. The normalized spacial score (nSPS) is 24.9. The molecule has 2 N–H and O–H groups in total. The van der Waals surface area contributed by atoms with Gasteiger partial charge in [0.25, 0.3) is 0 Å². The van der Waals surface area contributed by atoms with Gasteiger partial charge < -0.3 is 19.2 Å². The van der Waals surface area contributed by atoms with Gasteiger partial charge in [0.1, 0.15) is 18.1 Å². The first-order valence-corrected chi connectivity index (χ1v) is 13.5. The van der Waals surface area contributed by atoms with Crippen molar-refractivity contribution in [3.8, 4) is 0 Å². The van der Waals surface area contributed by atoms with E-state index in [1.54, 1.807) is 36.5 Å². The number of ketones is 2. The van der Waals surface area contributed by atoms with E-state index in [0.717, 1.165) is 22.4 Å². The minimum absolute atomic E-state index is 0.00960. The molecule has 0 bridgehead atoms. The molecule has 3 aliphatic rings. The minimum Gasteiger partial charge on any atom is -0.459 e. The zero-order chi connectivity index (χ0) is 27.1. The molecule has 1 aromatic carbocycles. The summed E-state index contributed by atoms with van der Waals surface area (Å²) in [5, 5.41) is 20.2. The summed E-state index contributed by atoms with van der Waals surface area (Å²) in [5.41, 5.74) is 4.84. The van der Waals surface area contributed by atoms with Crippen molar-refractivity contribution in [2.75, 3.05) is 0 Å². The van der Waals surface area contributed by atoms with Crippen LogP contribution in [0.25, 0.3) is 11.6 Å². The molecule has 0 amide bonds. The Kier molecular flexibility index (Phi) is 6.93. The highest BCUT2D eigenvalue weighted by molar-refractivity contribution is 6.43. The van der Waals surface area contributed by atoms with E-state index in [1.165, 1.54) is 0 Å². The Morgan fingerprint density at radius 1 is 1.05 bits per heavy atom. The van der Waals surface area contributed by atoms with Crippen LogP contribution in [0.5, 0.6) is 0 Å². The average Bonchev–Trinajstić information content (AvgIpc) is 3.41. The smallest absolute Gasteiger partial charge is 0.455 e. The van der Waals surface area contributed by atoms with Crippen LogP contribution in [0.2, 0.25) is 6.32 Å². The lowest BCUT2D eigenvalue weighted by Gasteiger charge is -2.47. The lowest BCUT2D eigenvalue weighted by molar-refractivity contribution is 0.0602. The largest absolute Gasteiger partial charge is 0.459 e. The van der Waals surface area contributed by atoms with Crippen molar-refractivity contribution >= 4 is 30.3 Å². The summed E-state index contributed by atoms with van der Waals surface area (Å²) in [6, 6.07) is 16.3. The number of benzene rings is 1. The SMILES string of the molecule is CC1=C2[C@@H](CC/C(=C/c3ccc(CO)o3)c3ccccn3)OB(O)C[C@@H]2[C@@H]2C(=O)c3ccccc3C(=O)[C@@H]2C1. The van der Waals surface area contributed by atoms with Crippen LogP contribution in [0.15, 0.2) is 76.4 Å². The molecule has 0 radical (unpaired) electrons. The number of nitrogens with zero attached hydrogens (tertiary/aromatic N) is 1. The van der Waals surface area contributed by atoms with E-state index in [1.807, 2.05) is 37.3 Å². The summed E-state index contributed by atoms with van der Waals surface area (Å²) in [6.45, 7) is 1.85. The second-order valence-electron chi connectivity index (χ2n) is 10.7. The number of hydrogen-bond acceptors (Lipinski definition) is 7. The molecule has 8 heteroatoms. The maximum absolute atomic E-state index is 13.7. The number of aliphatic hydroxyl groups is 1. The number of allylic oxidation sites excluding steroid dienone is 2. The third-order valence-corrected chi connectivity index (χ3v) is 8.33. The first-order chi connectivity index (χ1) is 18.9. The van der Waals surface area contributed by atoms with Crippen molar-refractivity contribution in [2.24, 2.45) is 17.8 Å². The number of carbonyl (C=O) groups excluding carboxylic acids is 2. The molecule has 0 unspecified atom stereocenters. The Morgan fingerprint density at radius 3 is 2.54 bits per heavy atom. The third-order valence-electron chi connectivity index (χ3n) is 8.33. The number of furan rings is 1. The van der Waals surface area contributed by atoms with Crippen molar-refractivity contribution in [2.45, 2.75) is 45.2 Å². The monoisotopic (exact) mass is 523 g/mol. The van der Waals surface area contributed by atoms with Gasteiger partial charge in [-0.3, -0.25) is 14.6 Å². The number of hydrogen-bond donors (Lipinski definition) is 2. The van der Waals surface area contributed by atoms with Crippen LogP contribution >= 0.6 is 0 Å². The zero-order valence-corrected chi connectivity index (χ0v) is 21.7. The van der Waals surface area contributed by atoms with Crippen LogP contribution in [-0.4, -0.2) is 39.9 Å². The zero-order valence-electron chi connectivity index (χ0n) is 21.7. The first kappa shape index (κ1) is 25.7. The molecule has 2 aliphatic carbocycles. The van der Waals surface area contributed by atoms with Gasteiger partial charge in [0, 0.05) is 29.2 Å². The predicted octanol–water partition coefficient (Wildman–Crippen LogP) is 5.02. The van der Waals surface area contributed by atoms with Gasteiger partial charge in [-0.25, -0.2) is 0 Å². The van der Waals surface area contributed by atoms with E-state index >= 15 is 0 Å². The Bertz CT molecular complexity index is 1470. The summed E-state index contributed by atoms with van der Waals surface area (Å²) < 4.78 is 11.8. The molecule has 39 heavy (non-hydrogen) atoms. The van der Waals surface area contributed by atoms with E-state index < -0.39 is 25.1 Å². The van der Waals surface area contributed by atoms with Crippen LogP contribution in [-0.2, 0) is 11.3 Å². The highest BCUT2D eigenvalue weighted by Crippen LogP contribution is 2.50. The molecular weight excluding hydrogens is 493 g/mol. The number of Topliss-reactive ketones (excluding diaryl/α,β-unsaturated/α-hetero) is 2. The fourth-order valence-electron chi connectivity index (χ4n) is 6.67. The van der Waals surface area contributed by atoms with Gasteiger partial charge in [-0.1, -0.05) is 35.9 Å². The van der Waals surface area contributed by atoms with Crippen LogP contribution < -0.4 is 0 Å². The second kappa shape index (κ2) is 10.5. The van der Waals surface area contributed by atoms with Gasteiger partial charge in [0.05, 0.1) is 11.8 Å². The van der Waals surface area contributed by atoms with Crippen LogP contribution in [0, 0.1) is 17.8 Å². The van der Waals surface area contributed by atoms with Gasteiger partial charge >= 0.3 is 7.12 Å². The number of fused-ring (bicyclic) bond motifs is 4. The van der Waals surface area contributed by atoms with Crippen LogP contribution in [0.4, 0.5) is 0 Å². The number of carbonyl (C=O) groups is 2. The predicted molar refractivity (Wildman–Crippen MR) is 147 cm³/mol.